The second-order valence-electron chi connectivity index (χ2n) is 3.24. The molecule has 0 spiro atoms. The van der Waals surface area contributed by atoms with Crippen LogP contribution in [-0.2, 0) is 6.42 Å². The molecule has 0 saturated heterocycles. The number of halogens is 3. The van der Waals surface area contributed by atoms with Gasteiger partial charge >= 0.3 is 0 Å². The van der Waals surface area contributed by atoms with Crippen LogP contribution in [0.3, 0.4) is 0 Å². The third-order valence-electron chi connectivity index (χ3n) is 2.11. The normalized spacial score (nSPS) is 10.4. The molecule has 2 aromatic rings. The van der Waals surface area contributed by atoms with E-state index in [2.05, 4.69) is 83.2 Å². The summed E-state index contributed by atoms with van der Waals surface area (Å²) in [5, 5.41) is 0. The molecule has 2 nitrogen and oxygen atoms in total. The molecule has 82 valence electrons. The molecule has 1 aromatic carbocycles. The van der Waals surface area contributed by atoms with E-state index < -0.39 is 0 Å². The number of rotatable bonds is 2. The van der Waals surface area contributed by atoms with Gasteiger partial charge in [0.2, 0.25) is 0 Å². The Hall–Kier alpha value is 0.240. The molecule has 0 saturated carbocycles. The van der Waals surface area contributed by atoms with Gasteiger partial charge in [-0.15, -0.1) is 0 Å². The molecule has 16 heavy (non-hydrogen) atoms. The molecule has 1 aromatic heterocycles. The SMILES string of the molecule is Brc1cccc(Cc2c(I)ncnc2I)c1. The maximum absolute atomic E-state index is 4.22. The molecular weight excluding hydrogens is 494 g/mol. The Morgan fingerprint density at radius 2 is 1.81 bits per heavy atom. The standard InChI is InChI=1S/C11H7BrI2N2/c12-8-3-1-2-7(4-8)5-9-10(13)15-6-16-11(9)14/h1-4,6H,5H2. The van der Waals surface area contributed by atoms with E-state index in [-0.39, 0.29) is 0 Å². The summed E-state index contributed by atoms with van der Waals surface area (Å²) in [6.07, 6.45) is 2.48. The summed E-state index contributed by atoms with van der Waals surface area (Å²) >= 11 is 7.99. The lowest BCUT2D eigenvalue weighted by Crippen LogP contribution is -2.00. The van der Waals surface area contributed by atoms with Crippen LogP contribution in [0.4, 0.5) is 0 Å². The van der Waals surface area contributed by atoms with E-state index in [1.54, 1.807) is 6.33 Å². The first kappa shape index (κ1) is 12.7. The van der Waals surface area contributed by atoms with E-state index in [9.17, 15) is 0 Å². The highest BCUT2D eigenvalue weighted by atomic mass is 127. The van der Waals surface area contributed by atoms with Crippen molar-refractivity contribution in [2.24, 2.45) is 0 Å². The molecule has 0 amide bonds. The third kappa shape index (κ3) is 3.13. The molecule has 0 N–H and O–H groups in total. The van der Waals surface area contributed by atoms with Crippen LogP contribution < -0.4 is 0 Å². The average molecular weight is 501 g/mol. The van der Waals surface area contributed by atoms with Crippen molar-refractivity contribution in [3.8, 4) is 0 Å². The molecule has 5 heteroatoms. The van der Waals surface area contributed by atoms with E-state index in [1.165, 1.54) is 11.1 Å². The minimum absolute atomic E-state index is 0.872. The molecule has 0 aliphatic rings. The lowest BCUT2D eigenvalue weighted by molar-refractivity contribution is 1.01. The van der Waals surface area contributed by atoms with Gasteiger partial charge in [-0.25, -0.2) is 9.97 Å². The van der Waals surface area contributed by atoms with Crippen molar-refractivity contribution >= 4 is 61.1 Å². The van der Waals surface area contributed by atoms with Gasteiger partial charge in [0.15, 0.2) is 0 Å². The summed E-state index contributed by atoms with van der Waals surface area (Å²) < 4.78 is 3.15. The van der Waals surface area contributed by atoms with E-state index in [1.807, 2.05) is 12.1 Å². The van der Waals surface area contributed by atoms with Gasteiger partial charge in [-0.3, -0.25) is 0 Å². The topological polar surface area (TPSA) is 25.8 Å². The quantitative estimate of drug-likeness (QED) is 0.459. The Bertz CT molecular complexity index is 497. The number of nitrogens with zero attached hydrogens (tertiary/aromatic N) is 2. The van der Waals surface area contributed by atoms with Crippen LogP contribution in [0.5, 0.6) is 0 Å². The van der Waals surface area contributed by atoms with Gasteiger partial charge < -0.3 is 0 Å². The fraction of sp³-hybridized carbons (Fsp3) is 0.0909. The molecule has 2 rings (SSSR count). The Morgan fingerprint density at radius 3 is 2.44 bits per heavy atom. The highest BCUT2D eigenvalue weighted by Crippen LogP contribution is 2.20. The fourth-order valence-electron chi connectivity index (χ4n) is 1.37. The summed E-state index contributed by atoms with van der Waals surface area (Å²) in [5.41, 5.74) is 2.46. The van der Waals surface area contributed by atoms with E-state index in [0.717, 1.165) is 18.3 Å². The number of hydrogen-bond acceptors (Lipinski definition) is 2. The highest BCUT2D eigenvalue weighted by molar-refractivity contribution is 14.1. The van der Waals surface area contributed by atoms with Crippen LogP contribution >= 0.6 is 61.1 Å². The van der Waals surface area contributed by atoms with Crippen molar-refractivity contribution in [2.45, 2.75) is 6.42 Å². The van der Waals surface area contributed by atoms with Crippen LogP contribution in [0, 0.1) is 7.40 Å². The monoisotopic (exact) mass is 500 g/mol. The van der Waals surface area contributed by atoms with Gasteiger partial charge in [0.05, 0.1) is 0 Å². The number of benzene rings is 1. The second-order valence-corrected chi connectivity index (χ2v) is 6.20. The van der Waals surface area contributed by atoms with Gasteiger partial charge in [0.1, 0.15) is 13.7 Å². The predicted octanol–water partition coefficient (Wildman–Crippen LogP) is 4.04. The summed E-state index contributed by atoms with van der Waals surface area (Å²) in [6, 6.07) is 8.31. The van der Waals surface area contributed by atoms with Crippen molar-refractivity contribution in [3.05, 3.63) is 53.6 Å². The van der Waals surface area contributed by atoms with Crippen molar-refractivity contribution < 1.29 is 0 Å². The summed E-state index contributed by atoms with van der Waals surface area (Å²) in [7, 11) is 0. The summed E-state index contributed by atoms with van der Waals surface area (Å²) in [5.74, 6) is 0. The highest BCUT2D eigenvalue weighted by Gasteiger charge is 2.08. The minimum atomic E-state index is 0.872. The zero-order chi connectivity index (χ0) is 11.5. The molecule has 0 unspecified atom stereocenters. The fourth-order valence-corrected chi connectivity index (χ4v) is 3.47. The third-order valence-corrected chi connectivity index (χ3v) is 4.46. The van der Waals surface area contributed by atoms with E-state index in [4.69, 9.17) is 0 Å². The van der Waals surface area contributed by atoms with Crippen LogP contribution in [0.1, 0.15) is 11.1 Å². The zero-order valence-corrected chi connectivity index (χ0v) is 14.0. The van der Waals surface area contributed by atoms with Gasteiger partial charge in [0, 0.05) is 16.5 Å². The number of aromatic nitrogens is 2. The maximum atomic E-state index is 4.22. The molecule has 0 atom stereocenters. The van der Waals surface area contributed by atoms with Crippen LogP contribution in [0.2, 0.25) is 0 Å². The largest absolute Gasteiger partial charge is 0.230 e. The molecule has 0 fully saturated rings. The van der Waals surface area contributed by atoms with Gasteiger partial charge in [-0.1, -0.05) is 28.1 Å². The molecule has 0 aliphatic carbocycles. The first-order valence-corrected chi connectivity index (χ1v) is 7.51. The van der Waals surface area contributed by atoms with E-state index >= 15 is 0 Å². The van der Waals surface area contributed by atoms with Crippen LogP contribution in [-0.4, -0.2) is 9.97 Å². The predicted molar refractivity (Wildman–Crippen MR) is 84.4 cm³/mol. The summed E-state index contributed by atoms with van der Waals surface area (Å²) in [4.78, 5) is 8.44. The molecule has 0 bridgehead atoms. The lowest BCUT2D eigenvalue weighted by atomic mass is 10.1. The number of hydrogen-bond donors (Lipinski definition) is 0. The van der Waals surface area contributed by atoms with Crippen LogP contribution in [0.15, 0.2) is 35.1 Å². The van der Waals surface area contributed by atoms with Gasteiger partial charge in [0.25, 0.3) is 0 Å². The van der Waals surface area contributed by atoms with Gasteiger partial charge in [-0.2, -0.15) is 0 Å². The summed E-state index contributed by atoms with van der Waals surface area (Å²) in [6.45, 7) is 0. The minimum Gasteiger partial charge on any atom is -0.230 e. The Labute approximate surface area is 130 Å². The first-order valence-electron chi connectivity index (χ1n) is 4.56. The molecule has 0 radical (unpaired) electrons. The lowest BCUT2D eigenvalue weighted by Gasteiger charge is -2.06. The first-order chi connectivity index (χ1) is 7.66. The maximum Gasteiger partial charge on any atom is 0.117 e. The molecular formula is C11H7BrI2N2. The van der Waals surface area contributed by atoms with Crippen LogP contribution in [0.25, 0.3) is 0 Å². The molecule has 1 heterocycles. The Kier molecular flexibility index (Phi) is 4.54. The second kappa shape index (κ2) is 5.72. The van der Waals surface area contributed by atoms with Gasteiger partial charge in [-0.05, 0) is 62.9 Å². The Balaban J connectivity index is 2.34. The van der Waals surface area contributed by atoms with Crippen molar-refractivity contribution in [2.75, 3.05) is 0 Å². The van der Waals surface area contributed by atoms with Crippen molar-refractivity contribution in [1.29, 1.82) is 0 Å². The Morgan fingerprint density at radius 1 is 1.12 bits per heavy atom. The van der Waals surface area contributed by atoms with E-state index in [0.29, 0.717) is 0 Å². The zero-order valence-electron chi connectivity index (χ0n) is 8.12. The molecule has 0 aliphatic heterocycles. The van der Waals surface area contributed by atoms with Crippen molar-refractivity contribution in [3.63, 3.8) is 0 Å². The van der Waals surface area contributed by atoms with Crippen molar-refractivity contribution in [1.82, 2.24) is 9.97 Å². The smallest absolute Gasteiger partial charge is 0.117 e. The average Bonchev–Trinajstić information content (AvgIpc) is 2.24.